The van der Waals surface area contributed by atoms with Crippen LogP contribution in [-0.4, -0.2) is 144 Å². The number of hydrogen-bond acceptors (Lipinski definition) is 11. The largest absolute Gasteiger partial charge is 0.457 e. The second-order valence-corrected chi connectivity index (χ2v) is 17.6. The van der Waals surface area contributed by atoms with E-state index < -0.39 is 47.7 Å². The number of rotatable bonds is 20. The van der Waals surface area contributed by atoms with E-state index in [1.165, 1.54) is 24.2 Å². The Bertz CT molecular complexity index is 1490. The van der Waals surface area contributed by atoms with Crippen LogP contribution in [0, 0.1) is 11.8 Å². The number of imide groups is 1. The highest BCUT2D eigenvalue weighted by atomic mass is 16.6. The summed E-state index contributed by atoms with van der Waals surface area (Å²) < 4.78 is 24.3. The lowest BCUT2D eigenvalue weighted by molar-refractivity contribution is -0.889. The van der Waals surface area contributed by atoms with Gasteiger partial charge in [0.05, 0.1) is 70.2 Å². The number of quaternary nitrogens is 1. The number of aliphatic hydroxyl groups is 3. The Labute approximate surface area is 345 Å². The highest BCUT2D eigenvalue weighted by Gasteiger charge is 2.47. The molecule has 1 fully saturated rings. The van der Waals surface area contributed by atoms with Gasteiger partial charge in [0.2, 0.25) is 0 Å². The first-order valence-corrected chi connectivity index (χ1v) is 21.0. The van der Waals surface area contributed by atoms with Gasteiger partial charge in [-0.05, 0) is 70.9 Å². The average Bonchev–Trinajstić information content (AvgIpc) is 3.84. The van der Waals surface area contributed by atoms with Crippen molar-refractivity contribution in [2.75, 3.05) is 47.4 Å². The van der Waals surface area contributed by atoms with Crippen LogP contribution < -0.4 is 5.32 Å². The summed E-state index contributed by atoms with van der Waals surface area (Å²) in [6, 6.07) is 0. The normalized spacial score (nSPS) is 30.0. The summed E-state index contributed by atoms with van der Waals surface area (Å²) in [7, 11) is 5.73. The lowest BCUT2D eigenvalue weighted by atomic mass is 9.88. The number of likely N-dealkylation sites (N-methyl/N-ethyl adjacent to an activating group) is 1. The molecule has 0 aliphatic carbocycles. The molecule has 0 aromatic rings. The Morgan fingerprint density at radius 2 is 1.81 bits per heavy atom. The fraction of sp³-hybridized carbons (Fsp3) is 0.727. The maximum absolute atomic E-state index is 13.2. The molecule has 3 aliphatic heterocycles. The molecule has 0 radical (unpaired) electrons. The van der Waals surface area contributed by atoms with E-state index in [0.29, 0.717) is 49.0 Å². The summed E-state index contributed by atoms with van der Waals surface area (Å²) in [5, 5.41) is 35.0. The number of esters is 1. The second kappa shape index (κ2) is 22.3. The molecule has 14 heteroatoms. The van der Waals surface area contributed by atoms with Gasteiger partial charge in [-0.2, -0.15) is 0 Å². The molecule has 0 spiro atoms. The van der Waals surface area contributed by atoms with Gasteiger partial charge in [-0.25, -0.2) is 4.79 Å². The van der Waals surface area contributed by atoms with Gasteiger partial charge in [0.1, 0.15) is 11.7 Å². The van der Waals surface area contributed by atoms with Crippen LogP contribution >= 0.6 is 0 Å². The summed E-state index contributed by atoms with van der Waals surface area (Å²) in [6.07, 6.45) is 12.5. The van der Waals surface area contributed by atoms with Gasteiger partial charge in [0.25, 0.3) is 11.8 Å². The fourth-order valence-electron chi connectivity index (χ4n) is 7.55. The molecule has 1 saturated heterocycles. The Morgan fingerprint density at radius 1 is 1.14 bits per heavy atom. The number of ether oxygens (including phenoxy) is 4. The number of alkyl carbamates (subject to hydrolysis) is 1. The minimum Gasteiger partial charge on any atom is -0.457 e. The summed E-state index contributed by atoms with van der Waals surface area (Å²) in [5.74, 6) is -1.43. The zero-order valence-corrected chi connectivity index (χ0v) is 36.4. The topological polar surface area (TPSA) is 184 Å². The quantitative estimate of drug-likeness (QED) is 0.0258. The monoisotopic (exact) mass is 819 g/mol. The molecule has 14 nitrogen and oxygen atoms in total. The van der Waals surface area contributed by atoms with Crippen molar-refractivity contribution in [1.29, 1.82) is 0 Å². The highest BCUT2D eigenvalue weighted by Crippen LogP contribution is 2.37. The van der Waals surface area contributed by atoms with E-state index in [-0.39, 0.29) is 48.7 Å². The van der Waals surface area contributed by atoms with Crippen LogP contribution in [0.3, 0.4) is 0 Å². The molecule has 0 aromatic heterocycles. The van der Waals surface area contributed by atoms with Gasteiger partial charge >= 0.3 is 12.1 Å². The van der Waals surface area contributed by atoms with Gasteiger partial charge in [-0.1, -0.05) is 51.5 Å². The van der Waals surface area contributed by atoms with E-state index >= 15 is 0 Å². The number of hydrogen-bond donors (Lipinski definition) is 4. The van der Waals surface area contributed by atoms with Gasteiger partial charge in [-0.15, -0.1) is 0 Å². The number of amides is 3. The number of unbranched alkanes of at least 4 members (excludes halogenated alkanes) is 3. The molecule has 3 aliphatic rings. The number of aliphatic hydroxyl groups excluding tert-OH is 2. The molecule has 3 rings (SSSR count). The number of nitrogens with zero attached hydrogens (tertiary/aromatic N) is 2. The summed E-state index contributed by atoms with van der Waals surface area (Å²) in [5.41, 5.74) is -1.47. The number of carbonyl (C=O) groups is 4. The third-order valence-corrected chi connectivity index (χ3v) is 11.8. The first-order valence-electron chi connectivity index (χ1n) is 21.0. The van der Waals surface area contributed by atoms with Crippen molar-refractivity contribution < 1.29 is 57.9 Å². The maximum atomic E-state index is 13.2. The molecule has 10 atom stereocenters. The molecule has 58 heavy (non-hydrogen) atoms. The average molecular weight is 819 g/mol. The summed E-state index contributed by atoms with van der Waals surface area (Å²) in [4.78, 5) is 51.0. The number of carbonyl (C=O) groups excluding carboxylic acids is 4. The number of allylic oxidation sites excluding steroid dienone is 2. The van der Waals surface area contributed by atoms with Crippen LogP contribution in [0.25, 0.3) is 0 Å². The van der Waals surface area contributed by atoms with Crippen LogP contribution in [0.15, 0.2) is 48.1 Å². The van der Waals surface area contributed by atoms with Gasteiger partial charge in [0, 0.05) is 44.1 Å². The zero-order chi connectivity index (χ0) is 43.3. The molecule has 4 N–H and O–H groups in total. The third-order valence-electron chi connectivity index (χ3n) is 11.8. The summed E-state index contributed by atoms with van der Waals surface area (Å²) >= 11 is 0. The van der Waals surface area contributed by atoms with E-state index in [0.717, 1.165) is 32.2 Å². The van der Waals surface area contributed by atoms with E-state index in [9.17, 15) is 34.5 Å². The minimum absolute atomic E-state index is 0.0221. The molecule has 0 unspecified atom stereocenters. The maximum Gasteiger partial charge on any atom is 0.408 e. The van der Waals surface area contributed by atoms with E-state index in [4.69, 9.17) is 18.9 Å². The van der Waals surface area contributed by atoms with Crippen molar-refractivity contribution >= 4 is 23.9 Å². The molecule has 3 amide bonds. The van der Waals surface area contributed by atoms with E-state index in [2.05, 4.69) is 19.4 Å². The Morgan fingerprint density at radius 3 is 2.47 bits per heavy atom. The standard InChI is InChI=1S/C44H71N3O11/c1-10-34(49)32(4)41-35(56-41)29-43(5,54)22-15-16-30(2)40-31(3)17-18-36(44(6,55-9)23-21-33(48)28-39(52)58-40)57-42(53)45-24-27-47(7,8)26-14-12-11-13-25-46-37(50)19-20-38(46)51/h15-20,22,31-36,40-41,48-49,54H,10-14,21,23-29H2,1-9H3/p+1/b18-17+,22-15+,30-16+/t31-,32+,33+,34-,35+,36-,40+,41+,43-,44+/m0/s1. The second-order valence-electron chi connectivity index (χ2n) is 17.6. The minimum atomic E-state index is -1.17. The molecule has 328 valence electrons. The summed E-state index contributed by atoms with van der Waals surface area (Å²) in [6.45, 7) is 13.5. The van der Waals surface area contributed by atoms with Crippen LogP contribution in [-0.2, 0) is 33.3 Å². The van der Waals surface area contributed by atoms with Gasteiger partial charge in [-0.3, -0.25) is 19.3 Å². The predicted octanol–water partition coefficient (Wildman–Crippen LogP) is 4.52. The zero-order valence-electron chi connectivity index (χ0n) is 36.4. The van der Waals surface area contributed by atoms with Gasteiger partial charge < -0.3 is 44.1 Å². The van der Waals surface area contributed by atoms with Crippen LogP contribution in [0.1, 0.15) is 99.3 Å². The Balaban J connectivity index is 1.60. The van der Waals surface area contributed by atoms with Crippen molar-refractivity contribution in [1.82, 2.24) is 10.2 Å². The Hall–Kier alpha value is -3.40. The third kappa shape index (κ3) is 15.6. The van der Waals surface area contributed by atoms with Crippen LogP contribution in [0.4, 0.5) is 4.79 Å². The number of cyclic esters (lactones) is 1. The lowest BCUT2D eigenvalue weighted by Gasteiger charge is -2.36. The highest BCUT2D eigenvalue weighted by molar-refractivity contribution is 6.12. The first-order chi connectivity index (χ1) is 27.2. The molecule has 0 bridgehead atoms. The first kappa shape index (κ1) is 49.0. The van der Waals surface area contributed by atoms with Gasteiger partial charge in [0.15, 0.2) is 6.10 Å². The van der Waals surface area contributed by atoms with E-state index in [1.54, 1.807) is 31.2 Å². The Kier molecular flexibility index (Phi) is 18.8. The van der Waals surface area contributed by atoms with Crippen LogP contribution in [0.5, 0.6) is 0 Å². The van der Waals surface area contributed by atoms with Crippen LogP contribution in [0.2, 0.25) is 0 Å². The number of methoxy groups -OCH3 is 1. The fourth-order valence-corrected chi connectivity index (χ4v) is 7.55. The van der Waals surface area contributed by atoms with Crippen molar-refractivity contribution in [2.24, 2.45) is 11.8 Å². The molecule has 3 heterocycles. The molecule has 0 aromatic carbocycles. The van der Waals surface area contributed by atoms with Crippen molar-refractivity contribution in [3.8, 4) is 0 Å². The van der Waals surface area contributed by atoms with E-state index in [1.807, 2.05) is 40.7 Å². The molecular formula is C44H72N3O11+. The number of nitrogens with one attached hydrogen (secondary N) is 1. The van der Waals surface area contributed by atoms with Crippen molar-refractivity contribution in [3.63, 3.8) is 0 Å². The predicted molar refractivity (Wildman–Crippen MR) is 220 cm³/mol. The molecule has 0 saturated carbocycles. The van der Waals surface area contributed by atoms with Crippen molar-refractivity contribution in [2.45, 2.75) is 147 Å². The molecular weight excluding hydrogens is 746 g/mol. The smallest absolute Gasteiger partial charge is 0.408 e. The lowest BCUT2D eigenvalue weighted by Crippen LogP contribution is -2.48. The SMILES string of the molecule is CC[C@H](O)[C@@H](C)[C@H]1O[C@@H]1C[C@@](C)(O)/C=C/C=C(\C)[C@H]1OC(=O)C[C@H](O)CC[C@@](C)(OC)[C@@H](OC(=O)NCC[N+](C)(C)CCCCCCN2C(=O)C=CC2=O)/C=C/[C@@H]1C. The number of epoxide rings is 1. The van der Waals surface area contributed by atoms with Crippen molar-refractivity contribution in [3.05, 3.63) is 48.1 Å².